The molecule has 7 aromatic carbocycles. The zero-order chi connectivity index (χ0) is 37.9. The Morgan fingerprint density at radius 2 is 1.05 bits per heavy atom. The van der Waals surface area contributed by atoms with E-state index in [1.54, 1.807) is 22.7 Å². The number of hydrogen-bond donors (Lipinski definition) is 0. The molecule has 0 atom stereocenters. The summed E-state index contributed by atoms with van der Waals surface area (Å²) in [7, 11) is 0. The Morgan fingerprint density at radius 3 is 1.93 bits per heavy atom. The maximum Gasteiger partial charge on any atom is 0.238 e. The smallest absolute Gasteiger partial charge is 0.238 e. The minimum Gasteiger partial charge on any atom is -0.309 e. The molecule has 6 heterocycles. The van der Waals surface area contributed by atoms with E-state index in [4.69, 9.17) is 19.9 Å². The third-order valence-corrected chi connectivity index (χ3v) is 13.8. The molecule has 0 N–H and O–H groups in total. The summed E-state index contributed by atoms with van der Waals surface area (Å²) in [5.41, 5.74) is 8.13. The van der Waals surface area contributed by atoms with Crippen LogP contribution >= 0.6 is 22.7 Å². The van der Waals surface area contributed by atoms with Crippen molar-refractivity contribution < 1.29 is 0 Å². The highest BCUT2D eigenvalue weighted by atomic mass is 32.1. The van der Waals surface area contributed by atoms with Crippen molar-refractivity contribution in [1.82, 2.24) is 29.1 Å². The van der Waals surface area contributed by atoms with E-state index in [1.165, 1.54) is 41.0 Å². The first-order valence-electron chi connectivity index (χ1n) is 19.2. The minimum absolute atomic E-state index is 0.546. The van der Waals surface area contributed by atoms with Crippen LogP contribution in [-0.4, -0.2) is 29.1 Å². The van der Waals surface area contributed by atoms with Crippen molar-refractivity contribution in [2.24, 2.45) is 0 Å². The van der Waals surface area contributed by atoms with E-state index >= 15 is 0 Å². The predicted octanol–water partition coefficient (Wildman–Crippen LogP) is 13.5. The average molecular weight is 777 g/mol. The molecule has 6 aromatic heterocycles. The highest BCUT2D eigenvalue weighted by molar-refractivity contribution is 7.26. The number of benzene rings is 7. The molecular weight excluding hydrogens is 749 g/mol. The second-order valence-electron chi connectivity index (χ2n) is 14.6. The summed E-state index contributed by atoms with van der Waals surface area (Å²) < 4.78 is 9.38. The summed E-state index contributed by atoms with van der Waals surface area (Å²) in [6.45, 7) is 0. The van der Waals surface area contributed by atoms with Gasteiger partial charge in [-0.3, -0.25) is 9.55 Å². The fraction of sp³-hybridized carbons (Fsp3) is 0. The molecule has 270 valence electrons. The van der Waals surface area contributed by atoms with Crippen LogP contribution in [-0.2, 0) is 0 Å². The normalized spacial score (nSPS) is 12.1. The summed E-state index contributed by atoms with van der Waals surface area (Å²) in [6, 6.07) is 58.1. The molecule has 0 aliphatic rings. The van der Waals surface area contributed by atoms with E-state index in [1.807, 2.05) is 12.3 Å². The van der Waals surface area contributed by atoms with Crippen molar-refractivity contribution in [3.05, 3.63) is 170 Å². The monoisotopic (exact) mass is 776 g/mol. The van der Waals surface area contributed by atoms with Gasteiger partial charge >= 0.3 is 0 Å². The average Bonchev–Trinajstić information content (AvgIpc) is 4.03. The van der Waals surface area contributed by atoms with E-state index in [0.29, 0.717) is 17.6 Å². The molecule has 0 aliphatic carbocycles. The van der Waals surface area contributed by atoms with Crippen LogP contribution < -0.4 is 0 Å². The molecule has 0 unspecified atom stereocenters. The predicted molar refractivity (Wildman–Crippen MR) is 243 cm³/mol. The summed E-state index contributed by atoms with van der Waals surface area (Å²) in [5.74, 6) is 1.81. The number of fused-ring (bicyclic) bond motifs is 12. The second-order valence-corrected chi connectivity index (χ2v) is 16.8. The van der Waals surface area contributed by atoms with Gasteiger partial charge in [0.2, 0.25) is 5.95 Å². The van der Waals surface area contributed by atoms with Gasteiger partial charge < -0.3 is 4.57 Å². The number of pyridine rings is 1. The Bertz CT molecular complexity index is 3820. The van der Waals surface area contributed by atoms with Crippen LogP contribution in [0.25, 0.3) is 118 Å². The van der Waals surface area contributed by atoms with Crippen LogP contribution in [0.15, 0.2) is 170 Å². The van der Waals surface area contributed by atoms with Gasteiger partial charge in [0.25, 0.3) is 0 Å². The Labute approximate surface area is 338 Å². The Balaban J connectivity index is 1.16. The maximum absolute atomic E-state index is 5.45. The molecule has 0 aliphatic heterocycles. The number of para-hydroxylation sites is 2. The lowest BCUT2D eigenvalue weighted by Crippen LogP contribution is -2.06. The van der Waals surface area contributed by atoms with Crippen molar-refractivity contribution in [2.45, 2.75) is 0 Å². The van der Waals surface area contributed by atoms with Crippen LogP contribution in [0.5, 0.6) is 0 Å². The Hall–Kier alpha value is -7.26. The molecule has 0 saturated carbocycles. The highest BCUT2D eigenvalue weighted by Crippen LogP contribution is 2.43. The van der Waals surface area contributed by atoms with Crippen LogP contribution in [0, 0.1) is 0 Å². The third kappa shape index (κ3) is 4.52. The zero-order valence-corrected chi connectivity index (χ0v) is 32.3. The molecule has 0 bridgehead atoms. The van der Waals surface area contributed by atoms with Crippen molar-refractivity contribution in [3.8, 4) is 34.4 Å². The number of hydrogen-bond acceptors (Lipinski definition) is 6. The van der Waals surface area contributed by atoms with Crippen LogP contribution in [0.1, 0.15) is 0 Å². The molecule has 0 amide bonds. The Morgan fingerprint density at radius 1 is 0.397 bits per heavy atom. The highest BCUT2D eigenvalue weighted by Gasteiger charge is 2.23. The molecule has 8 heteroatoms. The van der Waals surface area contributed by atoms with E-state index in [-0.39, 0.29) is 0 Å². The lowest BCUT2D eigenvalue weighted by molar-refractivity contribution is 0.955. The number of nitrogens with zero attached hydrogens (tertiary/aromatic N) is 6. The molecule has 0 spiro atoms. The summed E-state index contributed by atoms with van der Waals surface area (Å²) in [6.07, 6.45) is 1.87. The van der Waals surface area contributed by atoms with E-state index in [2.05, 4.69) is 167 Å². The fourth-order valence-electron chi connectivity index (χ4n) is 8.95. The van der Waals surface area contributed by atoms with Crippen LogP contribution in [0.2, 0.25) is 0 Å². The first-order chi connectivity index (χ1) is 28.8. The summed E-state index contributed by atoms with van der Waals surface area (Å²) in [4.78, 5) is 21.3. The van der Waals surface area contributed by atoms with Crippen molar-refractivity contribution in [3.63, 3.8) is 0 Å². The zero-order valence-electron chi connectivity index (χ0n) is 30.7. The maximum atomic E-state index is 5.45. The standard InChI is InChI=1S/C50H28N6S2/c1-2-13-29(14-3-1)55-38-21-7-4-15-30(38)36-27-37-41(28-40(36)55)56(39-22-12-26-51-46(37)39)50-53-48(34-19-11-25-44-45(34)33-17-6-9-24-43(33)57-44)52-49(54-50)35-20-10-18-32-31-16-5-8-23-42(31)58-47(32)35/h1-28H. The van der Waals surface area contributed by atoms with Gasteiger partial charge in [-0.15, -0.1) is 22.7 Å². The largest absolute Gasteiger partial charge is 0.309 e. The van der Waals surface area contributed by atoms with Gasteiger partial charge in [-0.2, -0.15) is 9.97 Å². The summed E-state index contributed by atoms with van der Waals surface area (Å²) in [5, 5.41) is 8.19. The van der Waals surface area contributed by atoms with E-state index in [0.717, 1.165) is 59.9 Å². The van der Waals surface area contributed by atoms with Gasteiger partial charge in [0, 0.05) is 79.5 Å². The van der Waals surface area contributed by atoms with E-state index < -0.39 is 0 Å². The number of rotatable bonds is 4. The molecule has 0 saturated heterocycles. The van der Waals surface area contributed by atoms with Gasteiger partial charge in [0.1, 0.15) is 0 Å². The number of thiophene rings is 2. The van der Waals surface area contributed by atoms with Crippen LogP contribution in [0.3, 0.4) is 0 Å². The first-order valence-corrected chi connectivity index (χ1v) is 20.9. The van der Waals surface area contributed by atoms with Crippen molar-refractivity contribution in [2.75, 3.05) is 0 Å². The molecule has 58 heavy (non-hydrogen) atoms. The Kier molecular flexibility index (Phi) is 6.66. The molecule has 0 radical (unpaired) electrons. The quantitative estimate of drug-likeness (QED) is 0.179. The van der Waals surface area contributed by atoms with Gasteiger partial charge in [-0.05, 0) is 66.7 Å². The molecule has 6 nitrogen and oxygen atoms in total. The first kappa shape index (κ1) is 31.9. The summed E-state index contributed by atoms with van der Waals surface area (Å²) >= 11 is 3.58. The lowest BCUT2D eigenvalue weighted by Gasteiger charge is -2.12. The van der Waals surface area contributed by atoms with Gasteiger partial charge in [0.15, 0.2) is 11.6 Å². The molecular formula is C50H28N6S2. The van der Waals surface area contributed by atoms with E-state index in [9.17, 15) is 0 Å². The third-order valence-electron chi connectivity index (χ3n) is 11.4. The second kappa shape index (κ2) is 12.1. The molecule has 0 fully saturated rings. The lowest BCUT2D eigenvalue weighted by atomic mass is 10.1. The topological polar surface area (TPSA) is 61.4 Å². The fourth-order valence-corrected chi connectivity index (χ4v) is 11.3. The molecule has 13 rings (SSSR count). The van der Waals surface area contributed by atoms with Gasteiger partial charge in [-0.1, -0.05) is 97.1 Å². The van der Waals surface area contributed by atoms with Crippen LogP contribution in [0.4, 0.5) is 0 Å². The number of aromatic nitrogens is 6. The minimum atomic E-state index is 0.546. The van der Waals surface area contributed by atoms with Gasteiger partial charge in [-0.25, -0.2) is 4.98 Å². The van der Waals surface area contributed by atoms with Gasteiger partial charge in [0.05, 0.1) is 27.6 Å². The van der Waals surface area contributed by atoms with Crippen molar-refractivity contribution >= 4 is 107 Å². The molecule has 13 aromatic rings. The SMILES string of the molecule is c1ccc(-n2c3ccccc3c3cc4c5ncccc5n(-c5nc(-c6cccc7c6sc6ccccc67)nc(-c6cccc7sc8ccccc8c67)n5)c4cc32)cc1. The van der Waals surface area contributed by atoms with Crippen molar-refractivity contribution in [1.29, 1.82) is 0 Å².